The van der Waals surface area contributed by atoms with E-state index in [4.69, 9.17) is 16.3 Å². The highest BCUT2D eigenvalue weighted by molar-refractivity contribution is 6.30. The Bertz CT molecular complexity index is 564. The van der Waals surface area contributed by atoms with Crippen LogP contribution in [0.5, 0.6) is 0 Å². The number of amides is 1. The van der Waals surface area contributed by atoms with Crippen molar-refractivity contribution in [1.82, 2.24) is 4.90 Å². The minimum absolute atomic E-state index is 0.178. The van der Waals surface area contributed by atoms with Crippen molar-refractivity contribution in [2.24, 2.45) is 5.41 Å². The van der Waals surface area contributed by atoms with Gasteiger partial charge in [0.25, 0.3) is 0 Å². The van der Waals surface area contributed by atoms with Crippen LogP contribution in [-0.4, -0.2) is 42.8 Å². The summed E-state index contributed by atoms with van der Waals surface area (Å²) in [5, 5.41) is 0.772. The fraction of sp³-hybridized carbons (Fsp3) is 0.611. The van der Waals surface area contributed by atoms with Gasteiger partial charge in [0, 0.05) is 42.3 Å². The van der Waals surface area contributed by atoms with E-state index < -0.39 is 5.60 Å². The number of piperidine rings is 1. The molecular weight excluding hydrogens is 312 g/mol. The van der Waals surface area contributed by atoms with E-state index in [-0.39, 0.29) is 6.09 Å². The maximum Gasteiger partial charge on any atom is 0.410 e. The number of carbonyl (C=O) groups excluding carboxylic acids is 1. The number of hydrogen-bond donors (Lipinski definition) is 0. The minimum atomic E-state index is -0.419. The van der Waals surface area contributed by atoms with Crippen molar-refractivity contribution in [2.45, 2.75) is 39.2 Å². The molecule has 3 rings (SSSR count). The Kier molecular flexibility index (Phi) is 4.21. The molecule has 0 bridgehead atoms. The van der Waals surface area contributed by atoms with Crippen LogP contribution in [-0.2, 0) is 4.74 Å². The first-order chi connectivity index (χ1) is 10.8. The fourth-order valence-corrected chi connectivity index (χ4v) is 3.55. The lowest BCUT2D eigenvalue weighted by atomic mass is 9.72. The predicted molar refractivity (Wildman–Crippen MR) is 93.1 cm³/mol. The average molecular weight is 337 g/mol. The second-order valence-corrected chi connectivity index (χ2v) is 8.24. The van der Waals surface area contributed by atoms with Crippen LogP contribution in [0, 0.1) is 5.41 Å². The molecule has 0 N–H and O–H groups in total. The number of nitrogens with zero attached hydrogens (tertiary/aromatic N) is 2. The van der Waals surface area contributed by atoms with Gasteiger partial charge in [0.05, 0.1) is 0 Å². The Morgan fingerprint density at radius 1 is 1.13 bits per heavy atom. The third-order valence-corrected chi connectivity index (χ3v) is 4.97. The molecule has 1 spiro atoms. The summed E-state index contributed by atoms with van der Waals surface area (Å²) < 4.78 is 5.44. The van der Waals surface area contributed by atoms with E-state index in [1.165, 1.54) is 5.69 Å². The van der Waals surface area contributed by atoms with Crippen LogP contribution in [0.25, 0.3) is 0 Å². The number of halogens is 1. The lowest BCUT2D eigenvalue weighted by Crippen LogP contribution is -2.62. The first-order valence-electron chi connectivity index (χ1n) is 8.25. The molecule has 2 aliphatic heterocycles. The molecule has 0 aromatic heterocycles. The van der Waals surface area contributed by atoms with E-state index in [9.17, 15) is 4.79 Å². The Morgan fingerprint density at radius 3 is 2.22 bits per heavy atom. The highest BCUT2D eigenvalue weighted by Crippen LogP contribution is 2.41. The lowest BCUT2D eigenvalue weighted by Gasteiger charge is -2.54. The SMILES string of the molecule is CC(C)(C)OC(=O)N1CC2(CCN(c3ccc(Cl)cc3)CC2)C1. The van der Waals surface area contributed by atoms with Crippen molar-refractivity contribution in [3.8, 4) is 0 Å². The van der Waals surface area contributed by atoms with Crippen LogP contribution >= 0.6 is 11.6 Å². The Balaban J connectivity index is 1.51. The van der Waals surface area contributed by atoms with Crippen molar-refractivity contribution in [2.75, 3.05) is 31.1 Å². The Labute approximate surface area is 143 Å². The van der Waals surface area contributed by atoms with E-state index in [1.807, 2.05) is 37.8 Å². The molecule has 126 valence electrons. The van der Waals surface area contributed by atoms with E-state index in [2.05, 4.69) is 17.0 Å². The smallest absolute Gasteiger partial charge is 0.410 e. The van der Waals surface area contributed by atoms with Gasteiger partial charge in [-0.2, -0.15) is 0 Å². The van der Waals surface area contributed by atoms with Gasteiger partial charge >= 0.3 is 6.09 Å². The standard InChI is InChI=1S/C18H25ClN2O2/c1-17(2,3)23-16(22)21-12-18(13-21)8-10-20(11-9-18)15-6-4-14(19)5-7-15/h4-7H,8-13H2,1-3H3. The minimum Gasteiger partial charge on any atom is -0.444 e. The number of ether oxygens (including phenoxy) is 1. The van der Waals surface area contributed by atoms with Crippen LogP contribution in [0.1, 0.15) is 33.6 Å². The van der Waals surface area contributed by atoms with Crippen molar-refractivity contribution < 1.29 is 9.53 Å². The van der Waals surface area contributed by atoms with Crippen LogP contribution in [0.2, 0.25) is 5.02 Å². The first kappa shape index (κ1) is 16.4. The zero-order chi connectivity index (χ0) is 16.7. The molecule has 2 fully saturated rings. The average Bonchev–Trinajstić information content (AvgIpc) is 2.44. The van der Waals surface area contributed by atoms with Gasteiger partial charge in [-0.05, 0) is 57.9 Å². The van der Waals surface area contributed by atoms with Gasteiger partial charge in [-0.15, -0.1) is 0 Å². The molecule has 4 nitrogen and oxygen atoms in total. The predicted octanol–water partition coefficient (Wildman–Crippen LogP) is 4.18. The number of carbonyl (C=O) groups is 1. The second kappa shape index (κ2) is 5.90. The van der Waals surface area contributed by atoms with Gasteiger partial charge in [-0.1, -0.05) is 11.6 Å². The van der Waals surface area contributed by atoms with Crippen molar-refractivity contribution in [3.63, 3.8) is 0 Å². The second-order valence-electron chi connectivity index (χ2n) is 7.80. The van der Waals surface area contributed by atoms with E-state index in [0.29, 0.717) is 5.41 Å². The van der Waals surface area contributed by atoms with Gasteiger partial charge in [-0.3, -0.25) is 0 Å². The maximum absolute atomic E-state index is 12.1. The first-order valence-corrected chi connectivity index (χ1v) is 8.63. The van der Waals surface area contributed by atoms with E-state index in [1.54, 1.807) is 0 Å². The third-order valence-electron chi connectivity index (χ3n) is 4.72. The molecular formula is C18H25ClN2O2. The molecule has 1 aromatic carbocycles. The van der Waals surface area contributed by atoms with Gasteiger partial charge in [-0.25, -0.2) is 4.79 Å². The summed E-state index contributed by atoms with van der Waals surface area (Å²) >= 11 is 5.95. The van der Waals surface area contributed by atoms with Crippen molar-refractivity contribution in [1.29, 1.82) is 0 Å². The molecule has 0 saturated carbocycles. The molecule has 5 heteroatoms. The summed E-state index contributed by atoms with van der Waals surface area (Å²) in [6.45, 7) is 9.45. The van der Waals surface area contributed by atoms with Gasteiger partial charge in [0.2, 0.25) is 0 Å². The Morgan fingerprint density at radius 2 is 1.70 bits per heavy atom. The summed E-state index contributed by atoms with van der Waals surface area (Å²) in [6, 6.07) is 8.03. The maximum atomic E-state index is 12.1. The zero-order valence-electron chi connectivity index (χ0n) is 14.1. The highest BCUT2D eigenvalue weighted by atomic mass is 35.5. The van der Waals surface area contributed by atoms with E-state index in [0.717, 1.165) is 44.0 Å². The molecule has 1 aromatic rings. The van der Waals surface area contributed by atoms with Gasteiger partial charge < -0.3 is 14.5 Å². The normalized spacial score (nSPS) is 20.3. The number of hydrogen-bond acceptors (Lipinski definition) is 3. The molecule has 2 saturated heterocycles. The largest absolute Gasteiger partial charge is 0.444 e. The van der Waals surface area contributed by atoms with Crippen LogP contribution in [0.15, 0.2) is 24.3 Å². The quantitative estimate of drug-likeness (QED) is 0.771. The highest BCUT2D eigenvalue weighted by Gasteiger charge is 2.47. The number of anilines is 1. The van der Waals surface area contributed by atoms with E-state index >= 15 is 0 Å². The monoisotopic (exact) mass is 336 g/mol. The van der Waals surface area contributed by atoms with Gasteiger partial charge in [0.1, 0.15) is 5.60 Å². The topological polar surface area (TPSA) is 32.8 Å². The zero-order valence-corrected chi connectivity index (χ0v) is 14.9. The molecule has 2 heterocycles. The summed E-state index contributed by atoms with van der Waals surface area (Å²) in [4.78, 5) is 16.3. The summed E-state index contributed by atoms with van der Waals surface area (Å²) in [6.07, 6.45) is 2.06. The molecule has 1 amide bonds. The summed E-state index contributed by atoms with van der Waals surface area (Å²) in [7, 11) is 0. The summed E-state index contributed by atoms with van der Waals surface area (Å²) in [5.41, 5.74) is 1.10. The molecule has 2 aliphatic rings. The molecule has 23 heavy (non-hydrogen) atoms. The molecule has 0 unspecified atom stereocenters. The number of benzene rings is 1. The van der Waals surface area contributed by atoms with Gasteiger partial charge in [0.15, 0.2) is 0 Å². The molecule has 0 radical (unpaired) electrons. The van der Waals surface area contributed by atoms with Crippen molar-refractivity contribution >= 4 is 23.4 Å². The van der Waals surface area contributed by atoms with Crippen LogP contribution in [0.3, 0.4) is 0 Å². The fourth-order valence-electron chi connectivity index (χ4n) is 3.43. The van der Waals surface area contributed by atoms with Crippen LogP contribution < -0.4 is 4.90 Å². The van der Waals surface area contributed by atoms with Crippen LogP contribution in [0.4, 0.5) is 10.5 Å². The number of rotatable bonds is 1. The van der Waals surface area contributed by atoms with Crippen molar-refractivity contribution in [3.05, 3.63) is 29.3 Å². The lowest BCUT2D eigenvalue weighted by molar-refractivity contribution is -0.0434. The molecule has 0 atom stereocenters. The summed E-state index contributed by atoms with van der Waals surface area (Å²) in [5.74, 6) is 0. The molecule has 0 aliphatic carbocycles. The Hall–Kier alpha value is -1.42. The number of likely N-dealkylation sites (tertiary alicyclic amines) is 1. The third kappa shape index (κ3) is 3.74.